The van der Waals surface area contributed by atoms with Gasteiger partial charge in [0.25, 0.3) is 11.7 Å². The van der Waals surface area contributed by atoms with E-state index in [0.29, 0.717) is 24.2 Å². The molecule has 0 radical (unpaired) electrons. The maximum atomic E-state index is 13.4. The lowest BCUT2D eigenvalue weighted by molar-refractivity contribution is -0.140. The number of Topliss-reactive ketones (excluding diaryl/α,β-unsaturated/α-hetero) is 1. The van der Waals surface area contributed by atoms with Crippen LogP contribution >= 0.6 is 0 Å². The van der Waals surface area contributed by atoms with Crippen LogP contribution in [0.5, 0.6) is 0 Å². The van der Waals surface area contributed by atoms with Gasteiger partial charge in [-0.05, 0) is 43.9 Å². The Kier molecular flexibility index (Phi) is 5.32. The summed E-state index contributed by atoms with van der Waals surface area (Å²) < 4.78 is 13.4. The highest BCUT2D eigenvalue weighted by molar-refractivity contribution is 6.46. The van der Waals surface area contributed by atoms with Crippen LogP contribution in [0.15, 0.2) is 54.4 Å². The lowest BCUT2D eigenvalue weighted by atomic mass is 9.95. The van der Waals surface area contributed by atoms with Crippen molar-refractivity contribution in [3.63, 3.8) is 0 Å². The first-order valence-corrected chi connectivity index (χ1v) is 8.49. The molecule has 2 aromatic rings. The normalized spacial score (nSPS) is 19.1. The molecule has 7 heteroatoms. The number of aliphatic hydroxyl groups excluding tert-OH is 1. The molecule has 3 rings (SSSR count). The van der Waals surface area contributed by atoms with Gasteiger partial charge in [0.1, 0.15) is 11.6 Å². The monoisotopic (exact) mass is 369 g/mol. The first-order valence-electron chi connectivity index (χ1n) is 8.49. The van der Waals surface area contributed by atoms with Gasteiger partial charge in [-0.2, -0.15) is 0 Å². The summed E-state index contributed by atoms with van der Waals surface area (Å²) in [5.74, 6) is -2.12. The second-order valence-electron chi connectivity index (χ2n) is 6.58. The molecule has 27 heavy (non-hydrogen) atoms. The zero-order chi connectivity index (χ0) is 19.6. The summed E-state index contributed by atoms with van der Waals surface area (Å²) in [5.41, 5.74) is 0.948. The second kappa shape index (κ2) is 7.67. The molecule has 1 aromatic carbocycles. The van der Waals surface area contributed by atoms with Crippen molar-refractivity contribution in [3.05, 3.63) is 71.3 Å². The predicted octanol–water partition coefficient (Wildman–Crippen LogP) is 2.20. The van der Waals surface area contributed by atoms with Gasteiger partial charge in [0.2, 0.25) is 0 Å². The smallest absolute Gasteiger partial charge is 0.295 e. The highest BCUT2D eigenvalue weighted by Crippen LogP contribution is 2.39. The molecule has 0 saturated carbocycles. The van der Waals surface area contributed by atoms with Crippen LogP contribution in [0, 0.1) is 5.82 Å². The Morgan fingerprint density at radius 1 is 1.15 bits per heavy atom. The van der Waals surface area contributed by atoms with Crippen molar-refractivity contribution in [1.82, 2.24) is 14.8 Å². The number of ketones is 1. The van der Waals surface area contributed by atoms with Crippen molar-refractivity contribution in [2.24, 2.45) is 0 Å². The number of pyridine rings is 1. The summed E-state index contributed by atoms with van der Waals surface area (Å²) in [4.78, 5) is 32.6. The van der Waals surface area contributed by atoms with Crippen molar-refractivity contribution >= 4 is 17.4 Å². The topological polar surface area (TPSA) is 73.7 Å². The summed E-state index contributed by atoms with van der Waals surface area (Å²) in [6.45, 7) is 0.840. The number of carbonyl (C=O) groups excluding carboxylic acids is 2. The Hall–Kier alpha value is -3.06. The van der Waals surface area contributed by atoms with Gasteiger partial charge in [-0.15, -0.1) is 0 Å². The molecule has 6 nitrogen and oxygen atoms in total. The third kappa shape index (κ3) is 3.73. The average Bonchev–Trinajstić information content (AvgIpc) is 2.91. The molecular weight excluding hydrogens is 349 g/mol. The number of halogens is 1. The van der Waals surface area contributed by atoms with Crippen LogP contribution in [-0.4, -0.2) is 58.8 Å². The van der Waals surface area contributed by atoms with Crippen molar-refractivity contribution in [1.29, 1.82) is 0 Å². The minimum Gasteiger partial charge on any atom is -0.507 e. The lowest BCUT2D eigenvalue weighted by Crippen LogP contribution is -2.35. The first kappa shape index (κ1) is 18.7. The average molecular weight is 369 g/mol. The highest BCUT2D eigenvalue weighted by Gasteiger charge is 2.45. The van der Waals surface area contributed by atoms with Gasteiger partial charge in [0.05, 0.1) is 11.6 Å². The quantitative estimate of drug-likeness (QED) is 0.497. The van der Waals surface area contributed by atoms with E-state index in [1.54, 1.807) is 12.1 Å². The number of hydrogen-bond acceptors (Lipinski definition) is 5. The van der Waals surface area contributed by atoms with Crippen LogP contribution in [0.4, 0.5) is 4.39 Å². The Bertz CT molecular complexity index is 879. The van der Waals surface area contributed by atoms with E-state index < -0.39 is 23.5 Å². The van der Waals surface area contributed by atoms with Crippen LogP contribution in [-0.2, 0) is 9.59 Å². The number of benzene rings is 1. The molecule has 0 aliphatic carbocycles. The van der Waals surface area contributed by atoms with E-state index in [1.165, 1.54) is 41.6 Å². The third-order valence-electron chi connectivity index (χ3n) is 4.47. The van der Waals surface area contributed by atoms with E-state index in [2.05, 4.69) is 4.98 Å². The van der Waals surface area contributed by atoms with Gasteiger partial charge in [0, 0.05) is 31.0 Å². The summed E-state index contributed by atoms with van der Waals surface area (Å²) >= 11 is 0. The molecule has 0 bridgehead atoms. The number of likely N-dealkylation sites (N-methyl/N-ethyl adjacent to an activating group) is 1. The molecular formula is C20H20FN3O3. The first-order chi connectivity index (χ1) is 12.9. The number of carbonyl (C=O) groups is 2. The third-order valence-corrected chi connectivity index (χ3v) is 4.47. The van der Waals surface area contributed by atoms with Gasteiger partial charge in [-0.25, -0.2) is 4.39 Å². The van der Waals surface area contributed by atoms with Crippen LogP contribution < -0.4 is 0 Å². The van der Waals surface area contributed by atoms with E-state index in [1.807, 2.05) is 19.0 Å². The predicted molar refractivity (Wildman–Crippen MR) is 98.2 cm³/mol. The van der Waals surface area contributed by atoms with Crippen molar-refractivity contribution < 1.29 is 19.1 Å². The summed E-state index contributed by atoms with van der Waals surface area (Å²) in [5, 5.41) is 10.8. The van der Waals surface area contributed by atoms with Crippen molar-refractivity contribution in [2.75, 3.05) is 27.2 Å². The fraction of sp³-hybridized carbons (Fsp3) is 0.250. The number of aromatic nitrogens is 1. The van der Waals surface area contributed by atoms with Crippen LogP contribution in [0.25, 0.3) is 5.76 Å². The summed E-state index contributed by atoms with van der Waals surface area (Å²) in [6, 6.07) is 7.93. The van der Waals surface area contributed by atoms with E-state index in [9.17, 15) is 19.1 Å². The number of hydrogen-bond donors (Lipinski definition) is 1. The minimum absolute atomic E-state index is 0.00318. The molecule has 1 N–H and O–H groups in total. The summed E-state index contributed by atoms with van der Waals surface area (Å²) in [7, 11) is 3.72. The molecule has 1 aliphatic rings. The zero-order valence-corrected chi connectivity index (χ0v) is 15.1. The van der Waals surface area contributed by atoms with Crippen LogP contribution in [0.3, 0.4) is 0 Å². The van der Waals surface area contributed by atoms with E-state index in [-0.39, 0.29) is 11.3 Å². The molecule has 2 heterocycles. The molecule has 1 aliphatic heterocycles. The Morgan fingerprint density at radius 3 is 2.37 bits per heavy atom. The Morgan fingerprint density at radius 2 is 1.78 bits per heavy atom. The SMILES string of the molecule is CN(C)CCN1C(=O)C(=O)C(=C(O)c2ccncc2)C1c1ccc(F)cc1. The molecule has 1 fully saturated rings. The van der Waals surface area contributed by atoms with E-state index in [0.717, 1.165) is 0 Å². The number of likely N-dealkylation sites (tertiary alicyclic amines) is 1. The van der Waals surface area contributed by atoms with Gasteiger partial charge < -0.3 is 14.9 Å². The molecule has 1 unspecified atom stereocenters. The highest BCUT2D eigenvalue weighted by atomic mass is 19.1. The van der Waals surface area contributed by atoms with E-state index >= 15 is 0 Å². The van der Waals surface area contributed by atoms with Gasteiger partial charge in [-0.3, -0.25) is 14.6 Å². The van der Waals surface area contributed by atoms with E-state index in [4.69, 9.17) is 0 Å². The fourth-order valence-corrected chi connectivity index (χ4v) is 3.08. The van der Waals surface area contributed by atoms with Crippen LogP contribution in [0.2, 0.25) is 0 Å². The molecule has 1 amide bonds. The Balaban J connectivity index is 2.13. The fourth-order valence-electron chi connectivity index (χ4n) is 3.08. The largest absolute Gasteiger partial charge is 0.507 e. The van der Waals surface area contributed by atoms with Crippen molar-refractivity contribution in [2.45, 2.75) is 6.04 Å². The molecule has 1 saturated heterocycles. The van der Waals surface area contributed by atoms with Gasteiger partial charge in [-0.1, -0.05) is 12.1 Å². The Labute approximate surface area is 156 Å². The number of nitrogens with zero attached hydrogens (tertiary/aromatic N) is 3. The summed E-state index contributed by atoms with van der Waals surface area (Å²) in [6.07, 6.45) is 2.98. The van der Waals surface area contributed by atoms with Gasteiger partial charge in [0.15, 0.2) is 0 Å². The van der Waals surface area contributed by atoms with Gasteiger partial charge >= 0.3 is 0 Å². The molecule has 1 aromatic heterocycles. The number of aliphatic hydroxyl groups is 1. The van der Waals surface area contributed by atoms with Crippen LogP contribution in [0.1, 0.15) is 17.2 Å². The lowest BCUT2D eigenvalue weighted by Gasteiger charge is -2.26. The molecule has 140 valence electrons. The maximum Gasteiger partial charge on any atom is 0.295 e. The maximum absolute atomic E-state index is 13.4. The number of amides is 1. The standard InChI is InChI=1S/C20H20FN3O3/c1-23(2)11-12-24-17(13-3-5-15(21)6-4-13)16(19(26)20(24)27)18(25)14-7-9-22-10-8-14/h3-10,17,25H,11-12H2,1-2H3. The molecule has 1 atom stereocenters. The molecule has 0 spiro atoms. The number of rotatable bonds is 5. The second-order valence-corrected chi connectivity index (χ2v) is 6.58. The minimum atomic E-state index is -0.779. The zero-order valence-electron chi connectivity index (χ0n) is 15.1. The van der Waals surface area contributed by atoms with Crippen molar-refractivity contribution in [3.8, 4) is 0 Å².